The number of allylic oxidation sites excluding steroid dienone is 2. The highest BCUT2D eigenvalue weighted by molar-refractivity contribution is 5.36. The van der Waals surface area contributed by atoms with E-state index in [-0.39, 0.29) is 10.8 Å². The predicted molar refractivity (Wildman–Crippen MR) is 79.8 cm³/mol. The molecular formula is C18H28O. The van der Waals surface area contributed by atoms with Crippen LogP contribution < -0.4 is 0 Å². The SMILES string of the molecule is CC(C)C1CCC=C1[C@]1(O)C[C@@]2(C)C=C[C@]1(C)CC2. The lowest BCUT2D eigenvalue weighted by molar-refractivity contribution is -0.0984. The first-order valence-corrected chi connectivity index (χ1v) is 7.93. The maximum absolute atomic E-state index is 11.6. The fraction of sp³-hybridized carbons (Fsp3) is 0.778. The van der Waals surface area contributed by atoms with Crippen LogP contribution in [0, 0.1) is 22.7 Å². The number of aliphatic hydroxyl groups is 1. The third-order valence-corrected chi connectivity index (χ3v) is 6.20. The molecule has 4 aliphatic rings. The Bertz CT molecular complexity index is 447. The van der Waals surface area contributed by atoms with Crippen molar-refractivity contribution in [3.8, 4) is 0 Å². The maximum atomic E-state index is 11.6. The van der Waals surface area contributed by atoms with Gasteiger partial charge in [0.15, 0.2) is 0 Å². The van der Waals surface area contributed by atoms with Gasteiger partial charge >= 0.3 is 0 Å². The van der Waals surface area contributed by atoms with Gasteiger partial charge in [0, 0.05) is 5.41 Å². The normalized spacial score (nSPS) is 48.9. The average molecular weight is 260 g/mol. The highest BCUT2D eigenvalue weighted by Crippen LogP contribution is 2.61. The van der Waals surface area contributed by atoms with E-state index in [0.29, 0.717) is 11.8 Å². The monoisotopic (exact) mass is 260 g/mol. The molecular weight excluding hydrogens is 232 g/mol. The molecule has 0 spiro atoms. The molecule has 0 heterocycles. The van der Waals surface area contributed by atoms with E-state index in [2.05, 4.69) is 45.9 Å². The predicted octanol–water partition coefficient (Wildman–Crippen LogP) is 4.48. The largest absolute Gasteiger partial charge is 0.385 e. The molecule has 19 heavy (non-hydrogen) atoms. The van der Waals surface area contributed by atoms with Gasteiger partial charge in [-0.1, -0.05) is 45.9 Å². The van der Waals surface area contributed by atoms with Crippen molar-refractivity contribution in [2.45, 2.75) is 65.4 Å². The van der Waals surface area contributed by atoms with Crippen LogP contribution in [-0.2, 0) is 0 Å². The number of hydrogen-bond acceptors (Lipinski definition) is 1. The third kappa shape index (κ3) is 1.77. The number of rotatable bonds is 2. The lowest BCUT2D eigenvalue weighted by Crippen LogP contribution is -2.57. The molecule has 0 aromatic rings. The number of hydrogen-bond donors (Lipinski definition) is 1. The van der Waals surface area contributed by atoms with Crippen LogP contribution >= 0.6 is 0 Å². The molecule has 4 rings (SSSR count). The summed E-state index contributed by atoms with van der Waals surface area (Å²) in [6.07, 6.45) is 12.7. The van der Waals surface area contributed by atoms with Gasteiger partial charge in [0.1, 0.15) is 0 Å². The molecule has 1 nitrogen and oxygen atoms in total. The molecule has 1 fully saturated rings. The van der Waals surface area contributed by atoms with Crippen LogP contribution in [0.1, 0.15) is 59.8 Å². The third-order valence-electron chi connectivity index (χ3n) is 6.20. The highest BCUT2D eigenvalue weighted by atomic mass is 16.3. The van der Waals surface area contributed by atoms with Crippen molar-refractivity contribution in [3.63, 3.8) is 0 Å². The molecule has 0 aliphatic heterocycles. The van der Waals surface area contributed by atoms with E-state index in [1.807, 2.05) is 0 Å². The van der Waals surface area contributed by atoms with Crippen molar-refractivity contribution >= 4 is 0 Å². The molecule has 4 aliphatic carbocycles. The first kappa shape index (κ1) is 13.4. The first-order chi connectivity index (χ1) is 8.80. The van der Waals surface area contributed by atoms with Crippen molar-refractivity contribution in [1.29, 1.82) is 0 Å². The second kappa shape index (κ2) is 3.97. The Kier molecular flexibility index (Phi) is 2.81. The van der Waals surface area contributed by atoms with Crippen LogP contribution in [0.5, 0.6) is 0 Å². The van der Waals surface area contributed by atoms with Gasteiger partial charge in [-0.15, -0.1) is 0 Å². The Morgan fingerprint density at radius 2 is 1.95 bits per heavy atom. The Morgan fingerprint density at radius 1 is 1.21 bits per heavy atom. The topological polar surface area (TPSA) is 20.2 Å². The van der Waals surface area contributed by atoms with Gasteiger partial charge in [-0.3, -0.25) is 0 Å². The van der Waals surface area contributed by atoms with E-state index >= 15 is 0 Å². The van der Waals surface area contributed by atoms with Crippen molar-refractivity contribution < 1.29 is 5.11 Å². The quantitative estimate of drug-likeness (QED) is 0.726. The van der Waals surface area contributed by atoms with E-state index in [4.69, 9.17) is 0 Å². The summed E-state index contributed by atoms with van der Waals surface area (Å²) < 4.78 is 0. The smallest absolute Gasteiger partial charge is 0.0955 e. The van der Waals surface area contributed by atoms with Gasteiger partial charge in [-0.05, 0) is 54.9 Å². The maximum Gasteiger partial charge on any atom is 0.0955 e. The second-order valence-corrected chi connectivity index (χ2v) is 8.03. The molecule has 0 radical (unpaired) electrons. The Balaban J connectivity index is 2.02. The summed E-state index contributed by atoms with van der Waals surface area (Å²) in [5.41, 5.74) is 0.923. The minimum absolute atomic E-state index is 0.0475. The van der Waals surface area contributed by atoms with Gasteiger partial charge in [-0.25, -0.2) is 0 Å². The van der Waals surface area contributed by atoms with E-state index in [1.54, 1.807) is 0 Å². The van der Waals surface area contributed by atoms with Crippen molar-refractivity contribution in [3.05, 3.63) is 23.8 Å². The van der Waals surface area contributed by atoms with Gasteiger partial charge in [0.25, 0.3) is 0 Å². The van der Waals surface area contributed by atoms with Gasteiger partial charge < -0.3 is 5.11 Å². The van der Waals surface area contributed by atoms with Crippen LogP contribution in [0.4, 0.5) is 0 Å². The molecule has 1 heteroatoms. The lowest BCUT2D eigenvalue weighted by atomic mass is 9.49. The molecule has 4 atom stereocenters. The summed E-state index contributed by atoms with van der Waals surface area (Å²) in [5, 5.41) is 11.6. The van der Waals surface area contributed by atoms with Crippen molar-refractivity contribution in [2.75, 3.05) is 0 Å². The molecule has 1 N–H and O–H groups in total. The minimum Gasteiger partial charge on any atom is -0.385 e. The zero-order valence-electron chi connectivity index (χ0n) is 12.9. The molecule has 106 valence electrons. The van der Waals surface area contributed by atoms with E-state index in [0.717, 1.165) is 19.3 Å². The molecule has 0 saturated heterocycles. The molecule has 0 aromatic heterocycles. The number of fused-ring (bicyclic) bond motifs is 2. The van der Waals surface area contributed by atoms with Gasteiger partial charge in [-0.2, -0.15) is 0 Å². The summed E-state index contributed by atoms with van der Waals surface area (Å²) >= 11 is 0. The summed E-state index contributed by atoms with van der Waals surface area (Å²) in [6.45, 7) is 9.17. The van der Waals surface area contributed by atoms with Crippen LogP contribution in [0.25, 0.3) is 0 Å². The van der Waals surface area contributed by atoms with Gasteiger partial charge in [0.2, 0.25) is 0 Å². The fourth-order valence-corrected chi connectivity index (χ4v) is 4.70. The summed E-state index contributed by atoms with van der Waals surface area (Å²) in [7, 11) is 0. The second-order valence-electron chi connectivity index (χ2n) is 8.03. The van der Waals surface area contributed by atoms with Gasteiger partial charge in [0.05, 0.1) is 5.60 Å². The molecule has 1 unspecified atom stereocenters. The molecule has 0 amide bonds. The molecule has 1 saturated carbocycles. The van der Waals surface area contributed by atoms with Crippen molar-refractivity contribution in [2.24, 2.45) is 22.7 Å². The first-order valence-electron chi connectivity index (χ1n) is 7.93. The Hall–Kier alpha value is -0.560. The lowest BCUT2D eigenvalue weighted by Gasteiger charge is -2.58. The fourth-order valence-electron chi connectivity index (χ4n) is 4.70. The van der Waals surface area contributed by atoms with Crippen LogP contribution in [0.3, 0.4) is 0 Å². The van der Waals surface area contributed by atoms with Crippen molar-refractivity contribution in [1.82, 2.24) is 0 Å². The standard InChI is InChI=1S/C18H28O/c1-13(2)14-6-5-7-15(14)18(19)12-16(3)8-10-17(18,4)11-9-16/h7-8,10,13-14,19H,5-6,9,11-12H2,1-4H3/t14?,16-,17+,18+/m0/s1. The van der Waals surface area contributed by atoms with Crippen LogP contribution in [0.15, 0.2) is 23.8 Å². The zero-order chi connectivity index (χ0) is 13.9. The summed E-state index contributed by atoms with van der Waals surface area (Å²) in [5.74, 6) is 1.22. The van der Waals surface area contributed by atoms with E-state index in [9.17, 15) is 5.11 Å². The van der Waals surface area contributed by atoms with Crippen LogP contribution in [0.2, 0.25) is 0 Å². The Labute approximate surface area is 117 Å². The molecule has 0 aromatic carbocycles. The van der Waals surface area contributed by atoms with Crippen LogP contribution in [-0.4, -0.2) is 10.7 Å². The van der Waals surface area contributed by atoms with E-state index < -0.39 is 5.60 Å². The van der Waals surface area contributed by atoms with E-state index in [1.165, 1.54) is 18.4 Å². The molecule has 2 bridgehead atoms. The average Bonchev–Trinajstić information content (AvgIpc) is 2.82. The summed E-state index contributed by atoms with van der Waals surface area (Å²) in [6, 6.07) is 0. The Morgan fingerprint density at radius 3 is 2.53 bits per heavy atom. The minimum atomic E-state index is -0.597. The highest BCUT2D eigenvalue weighted by Gasteiger charge is 2.58. The summed E-state index contributed by atoms with van der Waals surface area (Å²) in [4.78, 5) is 0. The zero-order valence-corrected chi connectivity index (χ0v) is 12.9.